The number of benzene rings is 1. The van der Waals surface area contributed by atoms with E-state index in [-0.39, 0.29) is 11.9 Å². The van der Waals surface area contributed by atoms with Gasteiger partial charge in [-0.15, -0.1) is 0 Å². The third kappa shape index (κ3) is 2.97. The van der Waals surface area contributed by atoms with E-state index in [2.05, 4.69) is 10.6 Å². The fourth-order valence-electron chi connectivity index (χ4n) is 2.52. The maximum Gasteiger partial charge on any atom is 0.250 e. The van der Waals surface area contributed by atoms with Gasteiger partial charge in [-0.2, -0.15) is 0 Å². The summed E-state index contributed by atoms with van der Waals surface area (Å²) in [6, 6.07) is 5.68. The molecule has 1 amide bonds. The van der Waals surface area contributed by atoms with Crippen LogP contribution in [-0.4, -0.2) is 31.6 Å². The summed E-state index contributed by atoms with van der Waals surface area (Å²) in [5, 5.41) is 7.00. The molecule has 0 atom stereocenters. The molecule has 0 saturated carbocycles. The Hall–Kier alpha value is -1.52. The van der Waals surface area contributed by atoms with E-state index in [0.29, 0.717) is 17.2 Å². The Morgan fingerprint density at radius 3 is 2.95 bits per heavy atom. The SMILES string of the molecule is O=C(NC1CCNCC1)C1=Cc2cc(Cl)ccc2OC1. The van der Waals surface area contributed by atoms with Crippen molar-refractivity contribution < 1.29 is 9.53 Å². The highest BCUT2D eigenvalue weighted by atomic mass is 35.5. The zero-order chi connectivity index (χ0) is 13.9. The lowest BCUT2D eigenvalue weighted by Gasteiger charge is -2.25. The third-order valence-electron chi connectivity index (χ3n) is 3.65. The number of amides is 1. The Bertz CT molecular complexity index is 551. The molecule has 1 fully saturated rings. The molecule has 0 spiro atoms. The van der Waals surface area contributed by atoms with Crippen molar-refractivity contribution in [2.45, 2.75) is 18.9 Å². The molecule has 0 bridgehead atoms. The zero-order valence-corrected chi connectivity index (χ0v) is 11.9. The summed E-state index contributed by atoms with van der Waals surface area (Å²) in [6.45, 7) is 2.23. The largest absolute Gasteiger partial charge is 0.488 e. The maximum atomic E-state index is 12.2. The van der Waals surface area contributed by atoms with Crippen LogP contribution in [0.2, 0.25) is 5.02 Å². The van der Waals surface area contributed by atoms with E-state index in [9.17, 15) is 4.79 Å². The number of piperidine rings is 1. The fourth-order valence-corrected chi connectivity index (χ4v) is 2.70. The maximum absolute atomic E-state index is 12.2. The molecule has 3 rings (SSSR count). The van der Waals surface area contributed by atoms with Gasteiger partial charge in [0, 0.05) is 16.6 Å². The quantitative estimate of drug-likeness (QED) is 0.876. The second-order valence-corrected chi connectivity index (χ2v) is 5.57. The van der Waals surface area contributed by atoms with Crippen molar-refractivity contribution in [3.8, 4) is 5.75 Å². The van der Waals surface area contributed by atoms with E-state index < -0.39 is 0 Å². The first-order chi connectivity index (χ1) is 9.72. The lowest BCUT2D eigenvalue weighted by atomic mass is 10.0. The molecule has 20 heavy (non-hydrogen) atoms. The van der Waals surface area contributed by atoms with Crippen LogP contribution in [0, 0.1) is 0 Å². The average Bonchev–Trinajstić information content (AvgIpc) is 2.47. The number of carbonyl (C=O) groups is 1. The number of carbonyl (C=O) groups excluding carboxylic acids is 1. The van der Waals surface area contributed by atoms with Gasteiger partial charge in [0.1, 0.15) is 12.4 Å². The van der Waals surface area contributed by atoms with Gasteiger partial charge < -0.3 is 15.4 Å². The molecule has 4 nitrogen and oxygen atoms in total. The molecule has 106 valence electrons. The van der Waals surface area contributed by atoms with Crippen molar-refractivity contribution in [2.75, 3.05) is 19.7 Å². The van der Waals surface area contributed by atoms with Gasteiger partial charge in [-0.05, 0) is 50.2 Å². The molecule has 0 unspecified atom stereocenters. The van der Waals surface area contributed by atoms with Crippen LogP contribution in [0.5, 0.6) is 5.75 Å². The molecule has 0 aromatic heterocycles. The van der Waals surface area contributed by atoms with E-state index in [1.165, 1.54) is 0 Å². The first-order valence-electron chi connectivity index (χ1n) is 6.87. The van der Waals surface area contributed by atoms with Gasteiger partial charge in [0.25, 0.3) is 5.91 Å². The molecule has 2 N–H and O–H groups in total. The van der Waals surface area contributed by atoms with Gasteiger partial charge in [-0.3, -0.25) is 4.79 Å². The molecule has 5 heteroatoms. The van der Waals surface area contributed by atoms with E-state index in [1.807, 2.05) is 18.2 Å². The number of fused-ring (bicyclic) bond motifs is 1. The van der Waals surface area contributed by atoms with Crippen molar-refractivity contribution >= 4 is 23.6 Å². The van der Waals surface area contributed by atoms with Gasteiger partial charge in [0.15, 0.2) is 0 Å². The summed E-state index contributed by atoms with van der Waals surface area (Å²) in [4.78, 5) is 12.2. The molecule has 0 radical (unpaired) electrons. The second kappa shape index (κ2) is 5.85. The Balaban J connectivity index is 1.72. The highest BCUT2D eigenvalue weighted by Gasteiger charge is 2.21. The summed E-state index contributed by atoms with van der Waals surface area (Å²) in [6.07, 6.45) is 3.81. The van der Waals surface area contributed by atoms with Crippen LogP contribution in [-0.2, 0) is 4.79 Å². The van der Waals surface area contributed by atoms with E-state index in [1.54, 1.807) is 6.07 Å². The average molecular weight is 293 g/mol. The number of nitrogens with one attached hydrogen (secondary N) is 2. The van der Waals surface area contributed by atoms with Crippen LogP contribution in [0.15, 0.2) is 23.8 Å². The Morgan fingerprint density at radius 2 is 2.15 bits per heavy atom. The van der Waals surface area contributed by atoms with Crippen molar-refractivity contribution in [1.82, 2.24) is 10.6 Å². The van der Waals surface area contributed by atoms with Gasteiger partial charge in [-0.25, -0.2) is 0 Å². The Morgan fingerprint density at radius 1 is 1.35 bits per heavy atom. The number of rotatable bonds is 2. The predicted octanol–water partition coefficient (Wildman–Crippen LogP) is 1.98. The van der Waals surface area contributed by atoms with E-state index >= 15 is 0 Å². The minimum absolute atomic E-state index is 0.0393. The minimum Gasteiger partial charge on any atom is -0.488 e. The molecular formula is C15H17ClN2O2. The second-order valence-electron chi connectivity index (χ2n) is 5.14. The van der Waals surface area contributed by atoms with Gasteiger partial charge in [0.2, 0.25) is 0 Å². The fraction of sp³-hybridized carbons (Fsp3) is 0.400. The minimum atomic E-state index is -0.0393. The van der Waals surface area contributed by atoms with Gasteiger partial charge in [-0.1, -0.05) is 11.6 Å². The summed E-state index contributed by atoms with van der Waals surface area (Å²) in [5.74, 6) is 0.732. The topological polar surface area (TPSA) is 50.4 Å². The first kappa shape index (κ1) is 13.5. The van der Waals surface area contributed by atoms with Crippen molar-refractivity contribution in [3.63, 3.8) is 0 Å². The summed E-state index contributed by atoms with van der Waals surface area (Å²) < 4.78 is 5.60. The van der Waals surface area contributed by atoms with E-state index in [0.717, 1.165) is 37.2 Å². The molecule has 0 aliphatic carbocycles. The number of ether oxygens (including phenoxy) is 1. The number of hydrogen-bond donors (Lipinski definition) is 2. The molecular weight excluding hydrogens is 276 g/mol. The van der Waals surface area contributed by atoms with Crippen LogP contribution >= 0.6 is 11.6 Å². The number of hydrogen-bond acceptors (Lipinski definition) is 3. The highest BCUT2D eigenvalue weighted by molar-refractivity contribution is 6.30. The molecule has 1 aromatic carbocycles. The smallest absolute Gasteiger partial charge is 0.250 e. The normalized spacial score (nSPS) is 18.8. The molecule has 2 heterocycles. The van der Waals surface area contributed by atoms with Crippen LogP contribution in [0.1, 0.15) is 18.4 Å². The Labute approximate surface area is 123 Å². The van der Waals surface area contributed by atoms with Crippen LogP contribution in [0.4, 0.5) is 0 Å². The van der Waals surface area contributed by atoms with Crippen LogP contribution < -0.4 is 15.4 Å². The number of halogens is 1. The van der Waals surface area contributed by atoms with Crippen LogP contribution in [0.3, 0.4) is 0 Å². The highest BCUT2D eigenvalue weighted by Crippen LogP contribution is 2.29. The Kier molecular flexibility index (Phi) is 3.94. The molecule has 2 aliphatic rings. The zero-order valence-electron chi connectivity index (χ0n) is 11.1. The summed E-state index contributed by atoms with van der Waals surface area (Å²) >= 11 is 5.97. The van der Waals surface area contributed by atoms with E-state index in [4.69, 9.17) is 16.3 Å². The summed E-state index contributed by atoms with van der Waals surface area (Å²) in [5.41, 5.74) is 1.51. The summed E-state index contributed by atoms with van der Waals surface area (Å²) in [7, 11) is 0. The van der Waals surface area contributed by atoms with Gasteiger partial charge >= 0.3 is 0 Å². The molecule has 1 aromatic rings. The predicted molar refractivity (Wildman–Crippen MR) is 79.0 cm³/mol. The lowest BCUT2D eigenvalue weighted by Crippen LogP contribution is -2.43. The first-order valence-corrected chi connectivity index (χ1v) is 7.25. The third-order valence-corrected chi connectivity index (χ3v) is 3.89. The van der Waals surface area contributed by atoms with Gasteiger partial charge in [0.05, 0.1) is 5.57 Å². The molecule has 2 aliphatic heterocycles. The molecule has 1 saturated heterocycles. The standard InChI is InChI=1S/C15H17ClN2O2/c16-12-1-2-14-10(8-12)7-11(9-20-14)15(19)18-13-3-5-17-6-4-13/h1-2,7-8,13,17H,3-6,9H2,(H,18,19). The van der Waals surface area contributed by atoms with Crippen molar-refractivity contribution in [1.29, 1.82) is 0 Å². The van der Waals surface area contributed by atoms with Crippen LogP contribution in [0.25, 0.3) is 6.08 Å². The monoisotopic (exact) mass is 292 g/mol. The lowest BCUT2D eigenvalue weighted by molar-refractivity contribution is -0.118. The van der Waals surface area contributed by atoms with Crippen molar-refractivity contribution in [2.24, 2.45) is 0 Å². The van der Waals surface area contributed by atoms with Crippen molar-refractivity contribution in [3.05, 3.63) is 34.4 Å².